The molecule has 1 amide bonds. The first kappa shape index (κ1) is 20.5. The molecule has 0 unspecified atom stereocenters. The third kappa shape index (κ3) is 3.94. The van der Waals surface area contributed by atoms with Crippen LogP contribution in [0.2, 0.25) is 0 Å². The van der Waals surface area contributed by atoms with E-state index in [0.29, 0.717) is 5.69 Å². The molecule has 3 aliphatic rings. The van der Waals surface area contributed by atoms with E-state index in [1.807, 2.05) is 11.9 Å². The van der Waals surface area contributed by atoms with Crippen LogP contribution in [0.15, 0.2) is 12.3 Å². The standard InChI is InChI=1S/C24H34N6O/c1-17-19-10-6-14-29(16-18-8-4-3-5-9-18)23(19)27-22(26-17)20-11-7-15-30(20)24(31)21-12-13-25-28(21)2/h12-13,18,20H,3-11,14-16H2,1-2H3/t20-/m1/s1. The maximum absolute atomic E-state index is 13.2. The van der Waals surface area contributed by atoms with Gasteiger partial charge in [0.05, 0.1) is 6.04 Å². The Kier molecular flexibility index (Phi) is 5.67. The molecule has 7 heteroatoms. The smallest absolute Gasteiger partial charge is 0.272 e. The highest BCUT2D eigenvalue weighted by molar-refractivity contribution is 5.93. The Morgan fingerprint density at radius 2 is 1.90 bits per heavy atom. The maximum atomic E-state index is 13.2. The van der Waals surface area contributed by atoms with Crippen LogP contribution in [0.4, 0.5) is 5.82 Å². The molecule has 166 valence electrons. The number of fused-ring (bicyclic) bond motifs is 1. The van der Waals surface area contributed by atoms with Crippen LogP contribution >= 0.6 is 0 Å². The number of likely N-dealkylation sites (tertiary alicyclic amines) is 1. The topological polar surface area (TPSA) is 67.2 Å². The van der Waals surface area contributed by atoms with Crippen molar-refractivity contribution in [3.8, 4) is 0 Å². The van der Waals surface area contributed by atoms with Gasteiger partial charge in [-0.05, 0) is 57.4 Å². The van der Waals surface area contributed by atoms with Crippen LogP contribution in [-0.4, -0.2) is 50.2 Å². The molecule has 2 fully saturated rings. The van der Waals surface area contributed by atoms with E-state index in [9.17, 15) is 4.79 Å². The van der Waals surface area contributed by atoms with Crippen LogP contribution in [-0.2, 0) is 13.5 Å². The Labute approximate surface area is 184 Å². The summed E-state index contributed by atoms with van der Waals surface area (Å²) in [6.45, 7) is 5.07. The average molecular weight is 423 g/mol. The largest absolute Gasteiger partial charge is 0.356 e. The van der Waals surface area contributed by atoms with E-state index < -0.39 is 0 Å². The van der Waals surface area contributed by atoms with Crippen LogP contribution in [0, 0.1) is 12.8 Å². The summed E-state index contributed by atoms with van der Waals surface area (Å²) < 4.78 is 1.66. The van der Waals surface area contributed by atoms with Crippen molar-refractivity contribution in [2.75, 3.05) is 24.5 Å². The molecule has 0 spiro atoms. The maximum Gasteiger partial charge on any atom is 0.272 e. The number of carbonyl (C=O) groups is 1. The van der Waals surface area contributed by atoms with E-state index in [2.05, 4.69) is 16.9 Å². The zero-order valence-electron chi connectivity index (χ0n) is 18.9. The Morgan fingerprint density at radius 3 is 2.68 bits per heavy atom. The van der Waals surface area contributed by atoms with Gasteiger partial charge in [0.15, 0.2) is 5.82 Å². The lowest BCUT2D eigenvalue weighted by molar-refractivity contribution is 0.0718. The second-order valence-corrected chi connectivity index (χ2v) is 9.52. The summed E-state index contributed by atoms with van der Waals surface area (Å²) in [6, 6.07) is 1.74. The van der Waals surface area contributed by atoms with Gasteiger partial charge in [-0.2, -0.15) is 5.10 Å². The monoisotopic (exact) mass is 422 g/mol. The molecule has 4 heterocycles. The normalized spacial score (nSPS) is 22.1. The number of hydrogen-bond donors (Lipinski definition) is 0. The minimum Gasteiger partial charge on any atom is -0.356 e. The quantitative estimate of drug-likeness (QED) is 0.749. The van der Waals surface area contributed by atoms with Crippen LogP contribution in [0.5, 0.6) is 0 Å². The van der Waals surface area contributed by atoms with E-state index >= 15 is 0 Å². The molecule has 1 aliphatic carbocycles. The number of nitrogens with zero attached hydrogens (tertiary/aromatic N) is 6. The molecule has 2 aromatic rings. The second kappa shape index (κ2) is 8.60. The number of anilines is 1. The van der Waals surface area contributed by atoms with Crippen molar-refractivity contribution in [1.82, 2.24) is 24.6 Å². The second-order valence-electron chi connectivity index (χ2n) is 9.52. The summed E-state index contributed by atoms with van der Waals surface area (Å²) in [6.07, 6.45) is 12.6. The molecule has 1 saturated heterocycles. The first-order valence-electron chi connectivity index (χ1n) is 12.0. The van der Waals surface area contributed by atoms with Crippen LogP contribution in [0.25, 0.3) is 0 Å². The summed E-state index contributed by atoms with van der Waals surface area (Å²) in [5.41, 5.74) is 3.03. The molecule has 31 heavy (non-hydrogen) atoms. The lowest BCUT2D eigenvalue weighted by atomic mass is 9.88. The number of aryl methyl sites for hydroxylation is 2. The zero-order chi connectivity index (χ0) is 21.4. The first-order chi connectivity index (χ1) is 15.1. The van der Waals surface area contributed by atoms with Gasteiger partial charge < -0.3 is 9.80 Å². The summed E-state index contributed by atoms with van der Waals surface area (Å²) in [7, 11) is 1.82. The van der Waals surface area contributed by atoms with Crippen LogP contribution in [0.3, 0.4) is 0 Å². The van der Waals surface area contributed by atoms with Gasteiger partial charge in [-0.3, -0.25) is 9.48 Å². The van der Waals surface area contributed by atoms with Crippen molar-refractivity contribution in [1.29, 1.82) is 0 Å². The van der Waals surface area contributed by atoms with Gasteiger partial charge in [-0.15, -0.1) is 0 Å². The van der Waals surface area contributed by atoms with E-state index in [4.69, 9.17) is 9.97 Å². The van der Waals surface area contributed by atoms with Crippen molar-refractivity contribution in [3.63, 3.8) is 0 Å². The zero-order valence-corrected chi connectivity index (χ0v) is 18.9. The van der Waals surface area contributed by atoms with E-state index in [1.165, 1.54) is 44.1 Å². The van der Waals surface area contributed by atoms with Gasteiger partial charge in [0.2, 0.25) is 0 Å². The highest BCUT2D eigenvalue weighted by Gasteiger charge is 2.35. The SMILES string of the molecule is Cc1nc([C@H]2CCCN2C(=O)c2ccnn2C)nc2c1CCCN2CC1CCCCC1. The van der Waals surface area contributed by atoms with Crippen molar-refractivity contribution >= 4 is 11.7 Å². The third-order valence-corrected chi connectivity index (χ3v) is 7.42. The number of carbonyl (C=O) groups excluding carboxylic acids is 1. The molecule has 5 rings (SSSR count). The fourth-order valence-corrected chi connectivity index (χ4v) is 5.73. The van der Waals surface area contributed by atoms with Crippen molar-refractivity contribution in [2.24, 2.45) is 13.0 Å². The summed E-state index contributed by atoms with van der Waals surface area (Å²) in [5, 5.41) is 4.18. The number of amides is 1. The third-order valence-electron chi connectivity index (χ3n) is 7.42. The molecular formula is C24H34N6O. The van der Waals surface area contributed by atoms with Crippen LogP contribution in [0.1, 0.15) is 85.0 Å². The van der Waals surface area contributed by atoms with Gasteiger partial charge in [-0.25, -0.2) is 9.97 Å². The lowest BCUT2D eigenvalue weighted by Crippen LogP contribution is -2.37. The fourth-order valence-electron chi connectivity index (χ4n) is 5.73. The molecule has 0 radical (unpaired) electrons. The van der Waals surface area contributed by atoms with Crippen molar-refractivity contribution < 1.29 is 4.79 Å². The Morgan fingerprint density at radius 1 is 1.06 bits per heavy atom. The molecule has 0 N–H and O–H groups in total. The molecule has 7 nitrogen and oxygen atoms in total. The number of hydrogen-bond acceptors (Lipinski definition) is 5. The average Bonchev–Trinajstić information content (AvgIpc) is 3.44. The fraction of sp³-hybridized carbons (Fsp3) is 0.667. The molecule has 2 aromatic heterocycles. The first-order valence-corrected chi connectivity index (χ1v) is 12.0. The van der Waals surface area contributed by atoms with Crippen molar-refractivity contribution in [3.05, 3.63) is 35.0 Å². The summed E-state index contributed by atoms with van der Waals surface area (Å²) in [4.78, 5) is 27.8. The minimum atomic E-state index is -0.0511. The number of rotatable bonds is 4. The molecule has 1 atom stereocenters. The molecular weight excluding hydrogens is 388 g/mol. The van der Waals surface area contributed by atoms with Gasteiger partial charge in [0, 0.05) is 44.1 Å². The minimum absolute atomic E-state index is 0.0283. The molecule has 0 aromatic carbocycles. The summed E-state index contributed by atoms with van der Waals surface area (Å²) >= 11 is 0. The molecule has 2 aliphatic heterocycles. The van der Waals surface area contributed by atoms with Gasteiger partial charge in [-0.1, -0.05) is 19.3 Å². The predicted molar refractivity (Wildman–Crippen MR) is 120 cm³/mol. The molecule has 1 saturated carbocycles. The molecule has 0 bridgehead atoms. The number of aromatic nitrogens is 4. The lowest BCUT2D eigenvalue weighted by Gasteiger charge is -2.35. The summed E-state index contributed by atoms with van der Waals surface area (Å²) in [5.74, 6) is 2.77. The van der Waals surface area contributed by atoms with Crippen molar-refractivity contribution in [2.45, 2.75) is 70.8 Å². The van der Waals surface area contributed by atoms with Gasteiger partial charge in [0.1, 0.15) is 11.5 Å². The van der Waals surface area contributed by atoms with E-state index in [1.54, 1.807) is 16.9 Å². The highest BCUT2D eigenvalue weighted by Crippen LogP contribution is 2.36. The Hall–Kier alpha value is -2.44. The Balaban J connectivity index is 1.43. The predicted octanol–water partition coefficient (Wildman–Crippen LogP) is 3.83. The van der Waals surface area contributed by atoms with E-state index in [-0.39, 0.29) is 11.9 Å². The van der Waals surface area contributed by atoms with E-state index in [0.717, 1.165) is 62.2 Å². The Bertz CT molecular complexity index is 948. The van der Waals surface area contributed by atoms with Gasteiger partial charge >= 0.3 is 0 Å². The highest BCUT2D eigenvalue weighted by atomic mass is 16.2. The van der Waals surface area contributed by atoms with Crippen LogP contribution < -0.4 is 4.90 Å². The van der Waals surface area contributed by atoms with Gasteiger partial charge in [0.25, 0.3) is 5.91 Å².